The largest absolute Gasteiger partial charge is 0.465 e. The lowest BCUT2D eigenvalue weighted by atomic mass is 10.1. The van der Waals surface area contributed by atoms with Crippen LogP contribution in [0.5, 0.6) is 0 Å². The van der Waals surface area contributed by atoms with E-state index in [1.807, 2.05) is 54.7 Å². The van der Waals surface area contributed by atoms with E-state index < -0.39 is 6.09 Å². The van der Waals surface area contributed by atoms with Crippen LogP contribution in [0.2, 0.25) is 0 Å². The summed E-state index contributed by atoms with van der Waals surface area (Å²) in [5.41, 5.74) is 2.92. The van der Waals surface area contributed by atoms with Crippen molar-refractivity contribution in [3.8, 4) is 0 Å². The lowest BCUT2D eigenvalue weighted by Gasteiger charge is -2.22. The first-order chi connectivity index (χ1) is 10.8. The topological polar surface area (TPSA) is 56.3 Å². The Balaban J connectivity index is 0.000000139. The third kappa shape index (κ3) is 2.86. The van der Waals surface area contributed by atoms with Crippen LogP contribution in [-0.4, -0.2) is 22.7 Å². The standard InChI is InChI=1S/C10H9NO2.C8H7N/c12-10(13)11-7-3-5-8-4-1-2-6-9(8)11;1-2-4-8-7(3-1)5-6-9-8/h1-6H,7H2,(H,12,13);1-6,9H. The average molecular weight is 292 g/mol. The number of hydrogen-bond acceptors (Lipinski definition) is 1. The highest BCUT2D eigenvalue weighted by Gasteiger charge is 2.17. The van der Waals surface area contributed by atoms with Gasteiger partial charge in [-0.2, -0.15) is 0 Å². The second-order valence-corrected chi connectivity index (χ2v) is 4.92. The van der Waals surface area contributed by atoms with Crippen LogP contribution < -0.4 is 4.90 Å². The van der Waals surface area contributed by atoms with Crippen molar-refractivity contribution in [2.75, 3.05) is 11.4 Å². The molecular formula is C18H16N2O2. The van der Waals surface area contributed by atoms with E-state index in [0.717, 1.165) is 11.3 Å². The lowest BCUT2D eigenvalue weighted by molar-refractivity contribution is 0.202. The van der Waals surface area contributed by atoms with Gasteiger partial charge >= 0.3 is 6.09 Å². The molecule has 0 radical (unpaired) electrons. The molecule has 3 aromatic rings. The third-order valence-electron chi connectivity index (χ3n) is 3.51. The molecule has 0 unspecified atom stereocenters. The minimum atomic E-state index is -0.906. The molecule has 0 saturated heterocycles. The Morgan fingerprint density at radius 1 is 1.05 bits per heavy atom. The van der Waals surface area contributed by atoms with Crippen LogP contribution in [-0.2, 0) is 0 Å². The maximum absolute atomic E-state index is 10.8. The number of anilines is 1. The highest BCUT2D eigenvalue weighted by Crippen LogP contribution is 2.25. The molecule has 0 bridgehead atoms. The summed E-state index contributed by atoms with van der Waals surface area (Å²) in [7, 11) is 0. The van der Waals surface area contributed by atoms with Gasteiger partial charge in [-0.15, -0.1) is 0 Å². The fourth-order valence-corrected chi connectivity index (χ4v) is 2.43. The van der Waals surface area contributed by atoms with E-state index in [0.29, 0.717) is 6.54 Å². The number of benzene rings is 2. The average Bonchev–Trinajstić information content (AvgIpc) is 3.03. The molecule has 1 aromatic heterocycles. The fraction of sp³-hybridized carbons (Fsp3) is 0.0556. The van der Waals surface area contributed by atoms with E-state index in [9.17, 15) is 4.79 Å². The SMILES string of the molecule is O=C(O)N1CC=Cc2ccccc21.c1ccc2[nH]ccc2c1. The normalized spacial score (nSPS) is 12.5. The van der Waals surface area contributed by atoms with Crippen molar-refractivity contribution in [3.63, 3.8) is 0 Å². The number of rotatable bonds is 0. The molecule has 2 aromatic carbocycles. The lowest BCUT2D eigenvalue weighted by Crippen LogP contribution is -2.31. The van der Waals surface area contributed by atoms with Crippen LogP contribution in [0.25, 0.3) is 17.0 Å². The van der Waals surface area contributed by atoms with Crippen LogP contribution in [0.1, 0.15) is 5.56 Å². The first-order valence-electron chi connectivity index (χ1n) is 7.04. The zero-order valence-corrected chi connectivity index (χ0v) is 11.9. The smallest absolute Gasteiger partial charge is 0.412 e. The summed E-state index contributed by atoms with van der Waals surface area (Å²) < 4.78 is 0. The predicted molar refractivity (Wildman–Crippen MR) is 89.1 cm³/mol. The van der Waals surface area contributed by atoms with Crippen molar-refractivity contribution < 1.29 is 9.90 Å². The number of nitrogens with zero attached hydrogens (tertiary/aromatic N) is 1. The number of carboxylic acid groups (broad SMARTS) is 1. The molecule has 1 amide bonds. The molecule has 4 heteroatoms. The molecule has 110 valence electrons. The van der Waals surface area contributed by atoms with Gasteiger partial charge in [0.2, 0.25) is 0 Å². The quantitative estimate of drug-likeness (QED) is 0.646. The van der Waals surface area contributed by atoms with E-state index in [-0.39, 0.29) is 0 Å². The fourth-order valence-electron chi connectivity index (χ4n) is 2.43. The van der Waals surface area contributed by atoms with Gasteiger partial charge in [-0.05, 0) is 29.1 Å². The van der Waals surface area contributed by atoms with E-state index in [2.05, 4.69) is 23.2 Å². The summed E-state index contributed by atoms with van der Waals surface area (Å²) in [6.07, 6.45) is 4.83. The van der Waals surface area contributed by atoms with E-state index >= 15 is 0 Å². The third-order valence-corrected chi connectivity index (χ3v) is 3.51. The molecule has 0 atom stereocenters. The van der Waals surface area contributed by atoms with E-state index in [4.69, 9.17) is 5.11 Å². The maximum atomic E-state index is 10.8. The number of para-hydroxylation sites is 2. The summed E-state index contributed by atoms with van der Waals surface area (Å²) in [6, 6.07) is 17.7. The number of aromatic nitrogens is 1. The highest BCUT2D eigenvalue weighted by atomic mass is 16.4. The Bertz CT molecular complexity index is 790. The molecule has 0 saturated carbocycles. The van der Waals surface area contributed by atoms with Gasteiger partial charge in [0.05, 0.1) is 5.69 Å². The summed E-state index contributed by atoms with van der Waals surface area (Å²) >= 11 is 0. The number of H-pyrrole nitrogens is 1. The number of nitrogens with one attached hydrogen (secondary N) is 1. The molecule has 2 heterocycles. The van der Waals surface area contributed by atoms with E-state index in [1.54, 1.807) is 0 Å². The van der Waals surface area contributed by atoms with Crippen molar-refractivity contribution in [2.24, 2.45) is 0 Å². The van der Waals surface area contributed by atoms with E-state index in [1.165, 1.54) is 15.8 Å². The van der Waals surface area contributed by atoms with Crippen molar-refractivity contribution in [3.05, 3.63) is 72.4 Å². The molecule has 0 fully saturated rings. The number of amides is 1. The minimum Gasteiger partial charge on any atom is -0.465 e. The van der Waals surface area contributed by atoms with Crippen LogP contribution >= 0.6 is 0 Å². The van der Waals surface area contributed by atoms with Gasteiger partial charge in [-0.25, -0.2) is 4.79 Å². The number of fused-ring (bicyclic) bond motifs is 2. The number of hydrogen-bond donors (Lipinski definition) is 2. The molecule has 0 spiro atoms. The van der Waals surface area contributed by atoms with Gasteiger partial charge in [-0.1, -0.05) is 48.6 Å². The van der Waals surface area contributed by atoms with Crippen LogP contribution in [0, 0.1) is 0 Å². The second kappa shape index (κ2) is 6.18. The summed E-state index contributed by atoms with van der Waals surface area (Å²) in [6.45, 7) is 0.437. The summed E-state index contributed by atoms with van der Waals surface area (Å²) in [4.78, 5) is 15.3. The first-order valence-corrected chi connectivity index (χ1v) is 7.04. The highest BCUT2D eigenvalue weighted by molar-refractivity contribution is 5.91. The molecule has 4 rings (SSSR count). The van der Waals surface area contributed by atoms with Gasteiger partial charge in [0.1, 0.15) is 0 Å². The predicted octanol–water partition coefficient (Wildman–Crippen LogP) is 4.37. The van der Waals surface area contributed by atoms with Gasteiger partial charge in [0.25, 0.3) is 0 Å². The first kappa shape index (κ1) is 13.9. The molecule has 0 aliphatic carbocycles. The zero-order chi connectivity index (χ0) is 15.4. The number of aromatic amines is 1. The zero-order valence-electron chi connectivity index (χ0n) is 11.9. The Labute approximate surface area is 128 Å². The van der Waals surface area contributed by atoms with Gasteiger partial charge < -0.3 is 10.1 Å². The van der Waals surface area contributed by atoms with Crippen LogP contribution in [0.4, 0.5) is 10.5 Å². The van der Waals surface area contributed by atoms with Crippen molar-refractivity contribution in [1.29, 1.82) is 0 Å². The minimum absolute atomic E-state index is 0.437. The van der Waals surface area contributed by atoms with Gasteiger partial charge in [0, 0.05) is 18.3 Å². The Kier molecular flexibility index (Phi) is 3.92. The monoisotopic (exact) mass is 292 g/mol. The molecule has 1 aliphatic rings. The summed E-state index contributed by atoms with van der Waals surface area (Å²) in [5.74, 6) is 0. The van der Waals surface area contributed by atoms with Crippen molar-refractivity contribution in [2.45, 2.75) is 0 Å². The van der Waals surface area contributed by atoms with Crippen molar-refractivity contribution in [1.82, 2.24) is 4.98 Å². The van der Waals surface area contributed by atoms with Gasteiger partial charge in [0.15, 0.2) is 0 Å². The van der Waals surface area contributed by atoms with Crippen molar-refractivity contribution >= 4 is 28.8 Å². The Hall–Kier alpha value is -3.01. The molecule has 1 aliphatic heterocycles. The number of carbonyl (C=O) groups is 1. The molecule has 4 nitrogen and oxygen atoms in total. The maximum Gasteiger partial charge on any atom is 0.412 e. The van der Waals surface area contributed by atoms with Crippen LogP contribution in [0.3, 0.4) is 0 Å². The molecule has 2 N–H and O–H groups in total. The Morgan fingerprint density at radius 3 is 2.64 bits per heavy atom. The van der Waals surface area contributed by atoms with Crippen LogP contribution in [0.15, 0.2) is 66.9 Å². The Morgan fingerprint density at radius 2 is 1.82 bits per heavy atom. The second-order valence-electron chi connectivity index (χ2n) is 4.92. The molecular weight excluding hydrogens is 276 g/mol. The molecule has 22 heavy (non-hydrogen) atoms. The van der Waals surface area contributed by atoms with Gasteiger partial charge in [-0.3, -0.25) is 4.90 Å². The summed E-state index contributed by atoms with van der Waals surface area (Å²) in [5, 5.41) is 10.2.